The van der Waals surface area contributed by atoms with Crippen molar-refractivity contribution < 1.29 is 4.74 Å². The van der Waals surface area contributed by atoms with Crippen LogP contribution in [0.3, 0.4) is 0 Å². The van der Waals surface area contributed by atoms with Crippen LogP contribution in [0.1, 0.15) is 36.1 Å². The van der Waals surface area contributed by atoms with E-state index in [9.17, 15) is 5.26 Å². The van der Waals surface area contributed by atoms with Crippen LogP contribution >= 0.6 is 0 Å². The first-order valence-corrected chi connectivity index (χ1v) is 13.9. The lowest BCUT2D eigenvalue weighted by Gasteiger charge is -2.38. The predicted molar refractivity (Wildman–Crippen MR) is 151 cm³/mol. The number of fused-ring (bicyclic) bond motifs is 2. The monoisotopic (exact) mass is 511 g/mol. The summed E-state index contributed by atoms with van der Waals surface area (Å²) < 4.78 is 6.24. The van der Waals surface area contributed by atoms with Crippen molar-refractivity contribution in [2.75, 3.05) is 56.2 Å². The van der Waals surface area contributed by atoms with Gasteiger partial charge >= 0.3 is 6.01 Å². The largest absolute Gasteiger partial charge is 0.462 e. The Morgan fingerprint density at radius 2 is 1.97 bits per heavy atom. The van der Waals surface area contributed by atoms with Gasteiger partial charge in [-0.15, -0.1) is 0 Å². The smallest absolute Gasteiger partial charge is 0.318 e. The van der Waals surface area contributed by atoms with Gasteiger partial charge in [-0.1, -0.05) is 30.3 Å². The van der Waals surface area contributed by atoms with Gasteiger partial charge in [-0.3, -0.25) is 0 Å². The number of nitrogens with one attached hydrogen (secondary N) is 1. The van der Waals surface area contributed by atoms with E-state index < -0.39 is 0 Å². The van der Waals surface area contributed by atoms with Crippen molar-refractivity contribution >= 4 is 22.3 Å². The van der Waals surface area contributed by atoms with Crippen molar-refractivity contribution in [1.82, 2.24) is 20.2 Å². The Bertz CT molecular complexity index is 1350. The van der Waals surface area contributed by atoms with Crippen LogP contribution in [-0.2, 0) is 13.0 Å². The molecule has 2 aromatic carbocycles. The van der Waals surface area contributed by atoms with E-state index in [1.54, 1.807) is 0 Å². The quantitative estimate of drug-likeness (QED) is 0.537. The minimum absolute atomic E-state index is 0.135. The first kappa shape index (κ1) is 24.9. The number of hydrogen-bond donors (Lipinski definition) is 1. The zero-order chi connectivity index (χ0) is 26.1. The van der Waals surface area contributed by atoms with Crippen LogP contribution in [0.15, 0.2) is 36.4 Å². The van der Waals surface area contributed by atoms with Gasteiger partial charge in [0.2, 0.25) is 0 Å². The van der Waals surface area contributed by atoms with Gasteiger partial charge in [-0.05, 0) is 50.4 Å². The Morgan fingerprint density at radius 1 is 1.11 bits per heavy atom. The molecule has 6 rings (SSSR count). The van der Waals surface area contributed by atoms with Gasteiger partial charge in [0.25, 0.3) is 0 Å². The summed E-state index contributed by atoms with van der Waals surface area (Å²) in [6.07, 6.45) is 3.70. The highest BCUT2D eigenvalue weighted by atomic mass is 16.5. The number of rotatable bonds is 6. The normalized spacial score (nSPS) is 21.9. The van der Waals surface area contributed by atoms with Gasteiger partial charge in [0, 0.05) is 67.9 Å². The fourth-order valence-corrected chi connectivity index (χ4v) is 6.30. The zero-order valence-electron chi connectivity index (χ0n) is 22.5. The van der Waals surface area contributed by atoms with Gasteiger partial charge < -0.3 is 24.8 Å². The van der Waals surface area contributed by atoms with Gasteiger partial charge in [0.05, 0.1) is 18.2 Å². The summed E-state index contributed by atoms with van der Waals surface area (Å²) in [6, 6.07) is 16.5. The van der Waals surface area contributed by atoms with E-state index >= 15 is 0 Å². The van der Waals surface area contributed by atoms with E-state index in [0.29, 0.717) is 25.1 Å². The molecule has 0 aliphatic carbocycles. The number of anilines is 2. The Hall–Kier alpha value is -3.41. The summed E-state index contributed by atoms with van der Waals surface area (Å²) in [4.78, 5) is 17.2. The minimum atomic E-state index is 0.135. The fourth-order valence-electron chi connectivity index (χ4n) is 6.30. The molecule has 0 spiro atoms. The lowest BCUT2D eigenvalue weighted by atomic mass is 9.99. The summed E-state index contributed by atoms with van der Waals surface area (Å²) in [5.74, 6) is 0.968. The number of nitriles is 1. The van der Waals surface area contributed by atoms with Crippen LogP contribution in [-0.4, -0.2) is 73.3 Å². The number of ether oxygens (including phenoxy) is 1. The van der Waals surface area contributed by atoms with E-state index in [1.807, 2.05) is 0 Å². The lowest BCUT2D eigenvalue weighted by Crippen LogP contribution is -2.51. The number of hydrogen-bond acceptors (Lipinski definition) is 8. The minimum Gasteiger partial charge on any atom is -0.462 e. The Balaban J connectivity index is 1.34. The average molecular weight is 512 g/mol. The number of likely N-dealkylation sites (tertiary alicyclic amines) is 1. The molecule has 0 radical (unpaired) electrons. The second-order valence-corrected chi connectivity index (χ2v) is 10.9. The number of nitrogens with zero attached hydrogens (tertiary/aromatic N) is 6. The van der Waals surface area contributed by atoms with Crippen molar-refractivity contribution in [3.8, 4) is 12.1 Å². The third-order valence-corrected chi connectivity index (χ3v) is 8.42. The van der Waals surface area contributed by atoms with Crippen LogP contribution in [0.4, 0.5) is 11.5 Å². The molecule has 3 aromatic rings. The van der Waals surface area contributed by atoms with Crippen molar-refractivity contribution in [3.05, 3.63) is 53.2 Å². The standard InChI is InChI=1S/C30H37N7O/c1-21-6-3-7-22-8-4-10-27(28(21)22)36-16-12-26-25(19-36)29(37-17-14-32-23(18-37)11-13-31)34-30(33-26)38-20-24-9-5-15-35(24)2/h3-4,6-8,10,23-24,32H,5,9,11-12,14-20H2,1-2H3/t23-,24-/m0/s1. The molecule has 0 unspecified atom stereocenters. The molecule has 3 aliphatic rings. The Labute approximate surface area is 225 Å². The van der Waals surface area contributed by atoms with E-state index in [1.165, 1.54) is 34.0 Å². The first-order chi connectivity index (χ1) is 18.6. The highest BCUT2D eigenvalue weighted by molar-refractivity contribution is 5.97. The maximum Gasteiger partial charge on any atom is 0.318 e. The number of aromatic nitrogens is 2. The third-order valence-electron chi connectivity index (χ3n) is 8.42. The fraction of sp³-hybridized carbons (Fsp3) is 0.500. The number of likely N-dealkylation sites (N-methyl/N-ethyl adjacent to an activating group) is 1. The molecule has 0 saturated carbocycles. The van der Waals surface area contributed by atoms with Gasteiger partial charge in [-0.25, -0.2) is 0 Å². The van der Waals surface area contributed by atoms with E-state index in [0.717, 1.165) is 63.6 Å². The van der Waals surface area contributed by atoms with Crippen molar-refractivity contribution in [2.24, 2.45) is 0 Å². The molecule has 0 amide bonds. The number of aryl methyl sites for hydroxylation is 1. The molecular weight excluding hydrogens is 474 g/mol. The van der Waals surface area contributed by atoms with E-state index in [2.05, 4.69) is 76.5 Å². The number of piperazine rings is 1. The molecule has 0 bridgehead atoms. The highest BCUT2D eigenvalue weighted by Crippen LogP contribution is 2.36. The summed E-state index contributed by atoms with van der Waals surface area (Å²) >= 11 is 0. The van der Waals surface area contributed by atoms with Gasteiger partial charge in [0.1, 0.15) is 12.4 Å². The van der Waals surface area contributed by atoms with Crippen LogP contribution in [0.5, 0.6) is 6.01 Å². The molecule has 198 valence electrons. The highest BCUT2D eigenvalue weighted by Gasteiger charge is 2.30. The van der Waals surface area contributed by atoms with Crippen molar-refractivity contribution in [2.45, 2.75) is 51.2 Å². The van der Waals surface area contributed by atoms with Crippen molar-refractivity contribution in [3.63, 3.8) is 0 Å². The van der Waals surface area contributed by atoms with Crippen LogP contribution < -0.4 is 19.9 Å². The maximum absolute atomic E-state index is 9.31. The third kappa shape index (κ3) is 4.89. The Kier molecular flexibility index (Phi) is 7.05. The van der Waals surface area contributed by atoms with E-state index in [-0.39, 0.29) is 6.04 Å². The summed E-state index contributed by atoms with van der Waals surface area (Å²) in [6.45, 7) is 8.04. The predicted octanol–water partition coefficient (Wildman–Crippen LogP) is 3.67. The van der Waals surface area contributed by atoms with Crippen LogP contribution in [0.25, 0.3) is 10.8 Å². The molecule has 1 aromatic heterocycles. The van der Waals surface area contributed by atoms with E-state index in [4.69, 9.17) is 14.7 Å². The molecule has 4 heterocycles. The van der Waals surface area contributed by atoms with Gasteiger partial charge in [-0.2, -0.15) is 15.2 Å². The van der Waals surface area contributed by atoms with Crippen LogP contribution in [0.2, 0.25) is 0 Å². The SMILES string of the molecule is Cc1cccc2cccc(N3CCc4nc(OC[C@@H]5CCCN5C)nc(N5CCN[C@@H](CC#N)C5)c4C3)c12. The molecule has 2 saturated heterocycles. The number of benzene rings is 2. The second-order valence-electron chi connectivity index (χ2n) is 10.9. The molecule has 2 fully saturated rings. The molecule has 3 aliphatic heterocycles. The second kappa shape index (κ2) is 10.8. The van der Waals surface area contributed by atoms with Gasteiger partial charge in [0.15, 0.2) is 0 Å². The summed E-state index contributed by atoms with van der Waals surface area (Å²) in [7, 11) is 2.17. The Morgan fingerprint density at radius 3 is 2.79 bits per heavy atom. The molecule has 38 heavy (non-hydrogen) atoms. The summed E-state index contributed by atoms with van der Waals surface area (Å²) in [5.41, 5.74) is 4.84. The molecule has 8 nitrogen and oxygen atoms in total. The zero-order valence-corrected chi connectivity index (χ0v) is 22.5. The first-order valence-electron chi connectivity index (χ1n) is 13.9. The molecule has 1 N–H and O–H groups in total. The maximum atomic E-state index is 9.31. The molecule has 2 atom stereocenters. The van der Waals surface area contributed by atoms with Crippen molar-refractivity contribution in [1.29, 1.82) is 5.26 Å². The topological polar surface area (TPSA) is 80.6 Å². The average Bonchev–Trinajstić information content (AvgIpc) is 3.36. The summed E-state index contributed by atoms with van der Waals surface area (Å²) in [5, 5.41) is 15.4. The molecule has 8 heteroatoms. The molecular formula is C30H37N7O. The van der Waals surface area contributed by atoms with Crippen LogP contribution in [0, 0.1) is 18.3 Å². The lowest BCUT2D eigenvalue weighted by molar-refractivity contribution is 0.187.